The highest BCUT2D eigenvalue weighted by Crippen LogP contribution is 2.26. The molecule has 0 bridgehead atoms. The molecule has 0 unspecified atom stereocenters. The minimum atomic E-state index is 0.0773. The van der Waals surface area contributed by atoms with Gasteiger partial charge in [-0.15, -0.1) is 5.10 Å². The van der Waals surface area contributed by atoms with E-state index in [1.807, 2.05) is 37.3 Å². The van der Waals surface area contributed by atoms with Gasteiger partial charge in [0.2, 0.25) is 5.16 Å². The number of rotatable bonds is 9. The Kier molecular flexibility index (Phi) is 6.74. The molecule has 0 aliphatic heterocycles. The van der Waals surface area contributed by atoms with Crippen molar-refractivity contribution in [3.63, 3.8) is 0 Å². The Bertz CT molecular complexity index is 993. The van der Waals surface area contributed by atoms with Gasteiger partial charge in [-0.05, 0) is 54.8 Å². The Labute approximate surface area is 175 Å². The van der Waals surface area contributed by atoms with Crippen molar-refractivity contribution in [2.24, 2.45) is 5.92 Å². The van der Waals surface area contributed by atoms with Crippen LogP contribution in [0.4, 0.5) is 0 Å². The number of aryl methyl sites for hydroxylation is 1. The second-order valence-electron chi connectivity index (χ2n) is 7.38. The molecule has 154 valence electrons. The molecular formula is C21H27N5O2S. The molecule has 0 amide bonds. The number of hydrogen-bond acceptors (Lipinski definition) is 6. The van der Waals surface area contributed by atoms with Gasteiger partial charge in [0.15, 0.2) is 5.78 Å². The van der Waals surface area contributed by atoms with Crippen LogP contribution in [-0.2, 0) is 6.54 Å². The number of tetrazole rings is 1. The number of ketones is 1. The molecule has 7 nitrogen and oxygen atoms in total. The predicted octanol–water partition coefficient (Wildman–Crippen LogP) is 4.11. The normalized spacial score (nSPS) is 11.2. The highest BCUT2D eigenvalue weighted by molar-refractivity contribution is 7.99. The van der Waals surface area contributed by atoms with Crippen LogP contribution in [-0.4, -0.2) is 43.4 Å². The van der Waals surface area contributed by atoms with Crippen molar-refractivity contribution in [2.75, 3.05) is 12.9 Å². The Morgan fingerprint density at radius 2 is 2.00 bits per heavy atom. The summed E-state index contributed by atoms with van der Waals surface area (Å²) in [5.74, 6) is 1.64. The second kappa shape index (κ2) is 9.26. The molecule has 0 aliphatic carbocycles. The zero-order valence-corrected chi connectivity index (χ0v) is 18.4. The number of carbonyl (C=O) groups is 1. The van der Waals surface area contributed by atoms with E-state index in [0.717, 1.165) is 35.6 Å². The first-order valence-electron chi connectivity index (χ1n) is 9.66. The van der Waals surface area contributed by atoms with Crippen LogP contribution in [0.1, 0.15) is 42.0 Å². The van der Waals surface area contributed by atoms with Gasteiger partial charge in [-0.1, -0.05) is 37.7 Å². The summed E-state index contributed by atoms with van der Waals surface area (Å²) in [6.45, 7) is 9.43. The summed E-state index contributed by atoms with van der Waals surface area (Å²) < 4.78 is 9.23. The van der Waals surface area contributed by atoms with E-state index in [9.17, 15) is 4.79 Å². The summed E-state index contributed by atoms with van der Waals surface area (Å²) in [6.07, 6.45) is 1.09. The van der Waals surface area contributed by atoms with Crippen molar-refractivity contribution in [3.8, 4) is 11.4 Å². The lowest BCUT2D eigenvalue weighted by Crippen LogP contribution is -2.09. The fourth-order valence-electron chi connectivity index (χ4n) is 3.25. The molecule has 0 aliphatic rings. The van der Waals surface area contributed by atoms with E-state index in [2.05, 4.69) is 40.9 Å². The van der Waals surface area contributed by atoms with Crippen molar-refractivity contribution in [1.29, 1.82) is 0 Å². The van der Waals surface area contributed by atoms with Crippen LogP contribution in [0.5, 0.6) is 5.75 Å². The number of hydrogen-bond donors (Lipinski definition) is 0. The van der Waals surface area contributed by atoms with E-state index < -0.39 is 0 Å². The fourth-order valence-corrected chi connectivity index (χ4v) is 4.01. The zero-order valence-electron chi connectivity index (χ0n) is 17.5. The van der Waals surface area contributed by atoms with Crippen LogP contribution < -0.4 is 4.74 Å². The first-order valence-corrected chi connectivity index (χ1v) is 10.7. The summed E-state index contributed by atoms with van der Waals surface area (Å²) in [5, 5.41) is 12.5. The molecule has 0 spiro atoms. The van der Waals surface area contributed by atoms with Crippen molar-refractivity contribution in [1.82, 2.24) is 24.8 Å². The third-order valence-corrected chi connectivity index (χ3v) is 5.81. The molecule has 0 saturated heterocycles. The number of ether oxygens (including phenoxy) is 1. The van der Waals surface area contributed by atoms with Gasteiger partial charge in [0.25, 0.3) is 0 Å². The largest absolute Gasteiger partial charge is 0.494 e. The summed E-state index contributed by atoms with van der Waals surface area (Å²) >= 11 is 1.33. The molecule has 2 heterocycles. The van der Waals surface area contributed by atoms with Gasteiger partial charge in [0.05, 0.1) is 12.9 Å². The van der Waals surface area contributed by atoms with E-state index in [4.69, 9.17) is 4.74 Å². The molecule has 1 aromatic carbocycles. The van der Waals surface area contributed by atoms with Gasteiger partial charge in [0, 0.05) is 23.5 Å². The maximum atomic E-state index is 12.9. The number of carbonyl (C=O) groups excluding carboxylic acids is 1. The summed E-state index contributed by atoms with van der Waals surface area (Å²) in [5.41, 5.74) is 3.66. The number of benzene rings is 1. The van der Waals surface area contributed by atoms with Gasteiger partial charge >= 0.3 is 0 Å². The predicted molar refractivity (Wildman–Crippen MR) is 114 cm³/mol. The van der Waals surface area contributed by atoms with E-state index >= 15 is 0 Å². The van der Waals surface area contributed by atoms with Crippen LogP contribution in [0, 0.1) is 19.8 Å². The lowest BCUT2D eigenvalue weighted by Gasteiger charge is -2.11. The van der Waals surface area contributed by atoms with Gasteiger partial charge in [0.1, 0.15) is 11.4 Å². The van der Waals surface area contributed by atoms with E-state index in [0.29, 0.717) is 16.8 Å². The molecular weight excluding hydrogens is 386 g/mol. The molecule has 0 atom stereocenters. The molecule has 0 saturated carbocycles. The molecule has 0 radical (unpaired) electrons. The maximum Gasteiger partial charge on any atom is 0.214 e. The highest BCUT2D eigenvalue weighted by atomic mass is 32.2. The average molecular weight is 414 g/mol. The van der Waals surface area contributed by atoms with Crippen LogP contribution in [0.3, 0.4) is 0 Å². The van der Waals surface area contributed by atoms with E-state index in [-0.39, 0.29) is 11.5 Å². The smallest absolute Gasteiger partial charge is 0.214 e. The van der Waals surface area contributed by atoms with Crippen molar-refractivity contribution in [3.05, 3.63) is 47.3 Å². The SMILES string of the molecule is COc1ccccc1-n1nnnc1SCC(=O)c1cc(C)n(CCC(C)C)c1C. The molecule has 29 heavy (non-hydrogen) atoms. The molecule has 0 N–H and O–H groups in total. The summed E-state index contributed by atoms with van der Waals surface area (Å²) in [7, 11) is 1.61. The van der Waals surface area contributed by atoms with Crippen LogP contribution in [0.15, 0.2) is 35.5 Å². The van der Waals surface area contributed by atoms with Gasteiger partial charge in [-0.3, -0.25) is 4.79 Å². The molecule has 0 fully saturated rings. The highest BCUT2D eigenvalue weighted by Gasteiger charge is 2.19. The number of methoxy groups -OCH3 is 1. The molecule has 2 aromatic heterocycles. The summed E-state index contributed by atoms with van der Waals surface area (Å²) in [6, 6.07) is 9.50. The number of Topliss-reactive ketones (excluding diaryl/α,β-unsaturated/α-hetero) is 1. The molecule has 8 heteroatoms. The number of thioether (sulfide) groups is 1. The van der Waals surface area contributed by atoms with Crippen molar-refractivity contribution in [2.45, 2.75) is 45.8 Å². The average Bonchev–Trinajstić information content (AvgIpc) is 3.28. The Morgan fingerprint density at radius 3 is 2.72 bits per heavy atom. The van der Waals surface area contributed by atoms with Crippen molar-refractivity contribution >= 4 is 17.5 Å². The lowest BCUT2D eigenvalue weighted by atomic mass is 10.1. The van der Waals surface area contributed by atoms with E-state index in [1.54, 1.807) is 11.8 Å². The van der Waals surface area contributed by atoms with Crippen molar-refractivity contribution < 1.29 is 9.53 Å². The first-order chi connectivity index (χ1) is 13.9. The van der Waals surface area contributed by atoms with Gasteiger partial charge < -0.3 is 9.30 Å². The minimum Gasteiger partial charge on any atom is -0.494 e. The van der Waals surface area contributed by atoms with Crippen LogP contribution >= 0.6 is 11.8 Å². The quantitative estimate of drug-likeness (QED) is 0.388. The Balaban J connectivity index is 1.74. The standard InChI is InChI=1S/C21H27N5O2S/c1-14(2)10-11-25-15(3)12-17(16(25)4)19(27)13-29-21-22-23-24-26(21)18-8-6-7-9-20(18)28-5/h6-9,12,14H,10-11,13H2,1-5H3. The van der Waals surface area contributed by atoms with Gasteiger partial charge in [-0.25, -0.2) is 0 Å². The topological polar surface area (TPSA) is 74.8 Å². The molecule has 3 aromatic rings. The second-order valence-corrected chi connectivity index (χ2v) is 8.32. The maximum absolute atomic E-state index is 12.9. The first kappa shape index (κ1) is 21.1. The Hall–Kier alpha value is -2.61. The van der Waals surface area contributed by atoms with Crippen LogP contribution in [0.25, 0.3) is 5.69 Å². The third-order valence-electron chi connectivity index (χ3n) is 4.89. The Morgan fingerprint density at radius 1 is 1.24 bits per heavy atom. The lowest BCUT2D eigenvalue weighted by molar-refractivity contribution is 0.102. The monoisotopic (exact) mass is 413 g/mol. The van der Waals surface area contributed by atoms with Crippen LogP contribution in [0.2, 0.25) is 0 Å². The number of nitrogens with zero attached hydrogens (tertiary/aromatic N) is 5. The third kappa shape index (κ3) is 4.70. The molecule has 3 rings (SSSR count). The fraction of sp³-hybridized carbons (Fsp3) is 0.429. The van der Waals surface area contributed by atoms with Gasteiger partial charge in [-0.2, -0.15) is 4.68 Å². The summed E-state index contributed by atoms with van der Waals surface area (Å²) in [4.78, 5) is 12.9. The number of aromatic nitrogens is 5. The minimum absolute atomic E-state index is 0.0773. The zero-order chi connectivity index (χ0) is 21.0. The number of para-hydroxylation sites is 2. The van der Waals surface area contributed by atoms with E-state index in [1.165, 1.54) is 11.8 Å².